The van der Waals surface area contributed by atoms with E-state index in [-0.39, 0.29) is 86.6 Å². The van der Waals surface area contributed by atoms with Crippen LogP contribution in [0, 0.1) is 35.1 Å². The maximum atomic E-state index is 14.7. The molecule has 2 aliphatic heterocycles. The van der Waals surface area contributed by atoms with Crippen molar-refractivity contribution in [2.75, 3.05) is 47.4 Å². The van der Waals surface area contributed by atoms with E-state index in [2.05, 4.69) is 30.7 Å². The minimum Gasteiger partial charge on any atom is -0.465 e. The summed E-state index contributed by atoms with van der Waals surface area (Å²) in [5.74, 6) is -5.29. The maximum Gasteiger partial charge on any atom is 0.337 e. The van der Waals surface area contributed by atoms with E-state index in [0.29, 0.717) is 29.4 Å². The lowest BCUT2D eigenvalue weighted by Crippen LogP contribution is -2.39. The highest BCUT2D eigenvalue weighted by Gasteiger charge is 2.33. The Morgan fingerprint density at radius 1 is 0.651 bits per heavy atom. The number of nitrogens with one attached hydrogen (secondary N) is 1. The van der Waals surface area contributed by atoms with Crippen LogP contribution in [-0.4, -0.2) is 77.8 Å². The van der Waals surface area contributed by atoms with Gasteiger partial charge in [-0.25, -0.2) is 44.0 Å². The van der Waals surface area contributed by atoms with Gasteiger partial charge in [0.2, 0.25) is 11.8 Å². The molecule has 4 aromatic carbocycles. The van der Waals surface area contributed by atoms with E-state index in [1.807, 2.05) is 0 Å². The fourth-order valence-corrected chi connectivity index (χ4v) is 10.1. The number of halogens is 7. The second-order valence-electron chi connectivity index (χ2n) is 14.2. The fraction of sp³-hybridized carbons (Fsp3) is 0.333. The molecule has 0 aromatic heterocycles. The summed E-state index contributed by atoms with van der Waals surface area (Å²) in [7, 11) is -3.72. The molecule has 2 heterocycles. The van der Waals surface area contributed by atoms with E-state index in [1.165, 1.54) is 73.7 Å². The molecule has 0 atom stereocenters. The molecule has 21 heteroatoms. The Kier molecular flexibility index (Phi) is 18.5. The van der Waals surface area contributed by atoms with Crippen LogP contribution < -0.4 is 10.2 Å². The van der Waals surface area contributed by atoms with Gasteiger partial charge in [0.25, 0.3) is 0 Å². The van der Waals surface area contributed by atoms with Gasteiger partial charge < -0.3 is 19.7 Å². The van der Waals surface area contributed by atoms with Crippen molar-refractivity contribution < 1.29 is 63.0 Å². The first-order chi connectivity index (χ1) is 29.7. The normalized spacial score (nSPS) is 15.6. The summed E-state index contributed by atoms with van der Waals surface area (Å²) in [6, 6.07) is 15.6. The summed E-state index contributed by atoms with van der Waals surface area (Å²) >= 11 is 14.6. The lowest BCUT2D eigenvalue weighted by Gasteiger charge is -2.30. The number of esters is 2. The van der Waals surface area contributed by atoms with E-state index in [9.17, 15) is 53.6 Å². The molecule has 0 saturated carbocycles. The standard InChI is InChI=1S/C21H20ClF2NO5S.C12H13ClFNO3S.C9H8BrFO2/c1-30-21(27)14-2-3-15(19(24)10-14)12-25(16-4-5-18(23)17(22)11-16)20(26)13-6-8-31(28,29)9-7-13;13-10-7-9(1-2-11(10)14)15-12(16)8-3-5-19(17,18)6-4-8;1-13-9(12)6-2-3-7(5-10)8(11)4-6/h2-5,10-11,13H,6-9,12H2,1H3;1-2,7-8H,3-6H2,(H,15,16);2-4H,5H2,1H3. The lowest BCUT2D eigenvalue weighted by molar-refractivity contribution is -0.123. The van der Waals surface area contributed by atoms with Gasteiger partial charge in [0.15, 0.2) is 0 Å². The Morgan fingerprint density at radius 2 is 1.11 bits per heavy atom. The van der Waals surface area contributed by atoms with Crippen LogP contribution in [0.2, 0.25) is 10.0 Å². The van der Waals surface area contributed by atoms with Crippen LogP contribution in [0.25, 0.3) is 0 Å². The molecule has 340 valence electrons. The molecule has 0 radical (unpaired) electrons. The number of rotatable bonds is 9. The lowest BCUT2D eigenvalue weighted by atomic mass is 10.00. The predicted molar refractivity (Wildman–Crippen MR) is 234 cm³/mol. The summed E-state index contributed by atoms with van der Waals surface area (Å²) in [6.07, 6.45) is 0.943. The molecule has 4 aromatic rings. The van der Waals surface area contributed by atoms with Gasteiger partial charge in [0.05, 0.1) is 64.9 Å². The van der Waals surface area contributed by atoms with Crippen molar-refractivity contribution in [3.05, 3.63) is 128 Å². The molecule has 6 rings (SSSR count). The zero-order valence-corrected chi connectivity index (χ0v) is 38.4. The second-order valence-corrected chi connectivity index (χ2v) is 20.2. The van der Waals surface area contributed by atoms with Gasteiger partial charge in [-0.3, -0.25) is 9.59 Å². The Labute approximate surface area is 380 Å². The van der Waals surface area contributed by atoms with Crippen molar-refractivity contribution >= 4 is 93.9 Å². The first kappa shape index (κ1) is 51.1. The van der Waals surface area contributed by atoms with Crippen LogP contribution in [0.15, 0.2) is 72.8 Å². The molecule has 2 amide bonds. The Bertz CT molecular complexity index is 2540. The number of benzene rings is 4. The average molecular weight is 1020 g/mol. The molecule has 0 spiro atoms. The minimum absolute atomic E-state index is 0.0175. The van der Waals surface area contributed by atoms with E-state index >= 15 is 0 Å². The van der Waals surface area contributed by atoms with Crippen molar-refractivity contribution in [2.24, 2.45) is 11.8 Å². The maximum absolute atomic E-state index is 14.7. The highest BCUT2D eigenvalue weighted by molar-refractivity contribution is 9.08. The number of nitrogens with zero attached hydrogens (tertiary/aromatic N) is 1. The van der Waals surface area contributed by atoms with E-state index in [1.54, 1.807) is 6.07 Å². The van der Waals surface area contributed by atoms with Gasteiger partial charge in [-0.1, -0.05) is 51.3 Å². The van der Waals surface area contributed by atoms with E-state index < -0.39 is 66.7 Å². The monoisotopic (exact) mass is 1020 g/mol. The molecular formula is C42H41BrCl2F4N2O10S2. The van der Waals surface area contributed by atoms with Crippen LogP contribution >= 0.6 is 39.1 Å². The number of hydrogen-bond acceptors (Lipinski definition) is 10. The molecular weight excluding hydrogens is 983 g/mol. The SMILES string of the molecule is COC(=O)c1ccc(CBr)c(F)c1.COC(=O)c1ccc(CN(C(=O)C2CCS(=O)(=O)CC2)c2ccc(F)c(Cl)c2)c(F)c1.O=C(Nc1ccc(F)c(Cl)c1)C1CCS(=O)(=O)CC1. The molecule has 1 N–H and O–H groups in total. The Hall–Kier alpha value is -4.56. The molecule has 2 aliphatic rings. The smallest absolute Gasteiger partial charge is 0.337 e. The van der Waals surface area contributed by atoms with Gasteiger partial charge in [-0.2, -0.15) is 0 Å². The number of ether oxygens (including phenoxy) is 2. The third-order valence-corrected chi connectivity index (χ3v) is 14.5. The third kappa shape index (κ3) is 14.7. The topological polar surface area (TPSA) is 170 Å². The minimum atomic E-state index is -3.18. The summed E-state index contributed by atoms with van der Waals surface area (Å²) in [6.45, 7) is -0.211. The van der Waals surface area contributed by atoms with Gasteiger partial charge in [-0.05, 0) is 91.9 Å². The van der Waals surface area contributed by atoms with Crippen LogP contribution in [-0.2, 0) is 50.6 Å². The number of carbonyl (C=O) groups excluding carboxylic acids is 4. The van der Waals surface area contributed by atoms with Crippen molar-refractivity contribution in [1.82, 2.24) is 0 Å². The molecule has 63 heavy (non-hydrogen) atoms. The summed E-state index contributed by atoms with van der Waals surface area (Å²) in [5, 5.41) is 2.78. The largest absolute Gasteiger partial charge is 0.465 e. The summed E-state index contributed by atoms with van der Waals surface area (Å²) < 4.78 is 109. The number of amides is 2. The van der Waals surface area contributed by atoms with Crippen LogP contribution in [0.4, 0.5) is 28.9 Å². The number of alkyl halides is 1. The highest BCUT2D eigenvalue weighted by atomic mass is 79.9. The summed E-state index contributed by atoms with van der Waals surface area (Å²) in [4.78, 5) is 49.0. The molecule has 0 bridgehead atoms. The first-order valence-corrected chi connectivity index (χ1v) is 24.4. The quantitative estimate of drug-likeness (QED) is 0.0975. The van der Waals surface area contributed by atoms with E-state index in [0.717, 1.165) is 12.1 Å². The van der Waals surface area contributed by atoms with Gasteiger partial charge in [0, 0.05) is 34.1 Å². The van der Waals surface area contributed by atoms with Crippen LogP contribution in [0.1, 0.15) is 57.5 Å². The first-order valence-electron chi connectivity index (χ1n) is 18.9. The number of carbonyl (C=O) groups is 4. The molecule has 0 aliphatic carbocycles. The summed E-state index contributed by atoms with van der Waals surface area (Å²) in [5.41, 5.74) is 1.54. The Morgan fingerprint density at radius 3 is 1.56 bits per heavy atom. The molecule has 2 fully saturated rings. The number of sulfone groups is 2. The average Bonchev–Trinajstić information content (AvgIpc) is 3.25. The van der Waals surface area contributed by atoms with Crippen molar-refractivity contribution in [3.8, 4) is 0 Å². The second kappa shape index (κ2) is 22.9. The highest BCUT2D eigenvalue weighted by Crippen LogP contribution is 2.30. The zero-order valence-electron chi connectivity index (χ0n) is 33.6. The van der Waals surface area contributed by atoms with Gasteiger partial charge in [-0.15, -0.1) is 0 Å². The molecule has 0 unspecified atom stereocenters. The number of anilines is 2. The fourth-order valence-electron chi connectivity index (χ4n) is 6.27. The van der Waals surface area contributed by atoms with Crippen molar-refractivity contribution in [3.63, 3.8) is 0 Å². The molecule has 12 nitrogen and oxygen atoms in total. The Balaban J connectivity index is 0.000000230. The third-order valence-electron chi connectivity index (χ3n) is 9.92. The van der Waals surface area contributed by atoms with Crippen molar-refractivity contribution in [1.29, 1.82) is 0 Å². The predicted octanol–water partition coefficient (Wildman–Crippen LogP) is 8.51. The molecule has 2 saturated heterocycles. The van der Waals surface area contributed by atoms with Crippen LogP contribution in [0.5, 0.6) is 0 Å². The van der Waals surface area contributed by atoms with Gasteiger partial charge in [0.1, 0.15) is 42.9 Å². The van der Waals surface area contributed by atoms with E-state index in [4.69, 9.17) is 23.2 Å². The van der Waals surface area contributed by atoms with Crippen molar-refractivity contribution in [2.45, 2.75) is 37.6 Å². The number of hydrogen-bond donors (Lipinski definition) is 1. The number of methoxy groups -OCH3 is 2. The zero-order chi connectivity index (χ0) is 46.6. The van der Waals surface area contributed by atoms with Crippen LogP contribution in [0.3, 0.4) is 0 Å². The van der Waals surface area contributed by atoms with Gasteiger partial charge >= 0.3 is 11.9 Å².